The molecule has 0 radical (unpaired) electrons. The fourth-order valence-electron chi connectivity index (χ4n) is 2.22. The maximum Gasteiger partial charge on any atom is 0.308 e. The average Bonchev–Trinajstić information content (AvgIpc) is 2.45. The van der Waals surface area contributed by atoms with Gasteiger partial charge in [-0.3, -0.25) is 9.59 Å². The van der Waals surface area contributed by atoms with Gasteiger partial charge in [0.2, 0.25) is 0 Å². The molecule has 0 heterocycles. The third-order valence-electron chi connectivity index (χ3n) is 3.18. The van der Waals surface area contributed by atoms with Crippen LogP contribution < -0.4 is 0 Å². The van der Waals surface area contributed by atoms with Gasteiger partial charge in [-0.05, 0) is 32.3 Å². The van der Waals surface area contributed by atoms with Crippen LogP contribution in [0.15, 0.2) is 30.3 Å². The van der Waals surface area contributed by atoms with E-state index in [2.05, 4.69) is 0 Å². The van der Waals surface area contributed by atoms with Crippen molar-refractivity contribution in [3.05, 3.63) is 35.9 Å². The molecule has 0 aliphatic carbocycles. The Labute approximate surface area is 131 Å². The van der Waals surface area contributed by atoms with Gasteiger partial charge in [-0.1, -0.05) is 30.3 Å². The Bertz CT molecular complexity index is 457. The molecule has 122 valence electrons. The number of aryl methyl sites for hydroxylation is 1. The molecule has 0 saturated heterocycles. The van der Waals surface area contributed by atoms with Gasteiger partial charge in [0.15, 0.2) is 0 Å². The molecule has 1 aromatic carbocycles. The van der Waals surface area contributed by atoms with E-state index in [1.807, 2.05) is 30.3 Å². The summed E-state index contributed by atoms with van der Waals surface area (Å²) in [5.74, 6) is -1.23. The topological polar surface area (TPSA) is 72.8 Å². The van der Waals surface area contributed by atoms with Gasteiger partial charge >= 0.3 is 11.9 Å². The molecule has 2 atom stereocenters. The highest BCUT2D eigenvalue weighted by Gasteiger charge is 2.19. The summed E-state index contributed by atoms with van der Waals surface area (Å²) in [5.41, 5.74) is 1.16. The fraction of sp³-hybridized carbons (Fsp3) is 0.529. The van der Waals surface area contributed by atoms with Crippen molar-refractivity contribution in [2.45, 2.75) is 51.7 Å². The van der Waals surface area contributed by atoms with Gasteiger partial charge in [-0.25, -0.2) is 0 Å². The van der Waals surface area contributed by atoms with E-state index < -0.39 is 12.1 Å². The predicted octanol–water partition coefficient (Wildman–Crippen LogP) is 2.82. The first-order valence-electron chi connectivity index (χ1n) is 7.58. The number of carboxylic acids is 1. The lowest BCUT2D eigenvalue weighted by Gasteiger charge is -2.21. The first-order chi connectivity index (χ1) is 10.5. The van der Waals surface area contributed by atoms with Crippen LogP contribution in [0.25, 0.3) is 0 Å². The number of carboxylic acid groups (broad SMARTS) is 1. The zero-order chi connectivity index (χ0) is 16.4. The highest BCUT2D eigenvalue weighted by molar-refractivity contribution is 5.70. The predicted molar refractivity (Wildman–Crippen MR) is 82.6 cm³/mol. The van der Waals surface area contributed by atoms with Crippen molar-refractivity contribution in [3.8, 4) is 0 Å². The second-order valence-corrected chi connectivity index (χ2v) is 5.20. The van der Waals surface area contributed by atoms with Crippen LogP contribution in [0.2, 0.25) is 0 Å². The largest absolute Gasteiger partial charge is 0.481 e. The standard InChI is InChI=1S/C17H24O5/c1-3-21-17(20)12-15(22-13(2)11-16(18)19)10-9-14-7-5-4-6-8-14/h4-8,13,15H,3,9-12H2,1-2H3,(H,18,19). The molecule has 5 heteroatoms. The van der Waals surface area contributed by atoms with Crippen molar-refractivity contribution in [2.24, 2.45) is 0 Å². The molecule has 1 aromatic rings. The molecular formula is C17H24O5. The first kappa shape index (κ1) is 18.2. The Kier molecular flexibility index (Phi) is 8.22. The first-order valence-corrected chi connectivity index (χ1v) is 7.58. The van der Waals surface area contributed by atoms with Gasteiger partial charge in [0.05, 0.1) is 31.7 Å². The molecule has 5 nitrogen and oxygen atoms in total. The molecule has 1 rings (SSSR count). The lowest BCUT2D eigenvalue weighted by molar-refractivity contribution is -0.148. The minimum atomic E-state index is -0.912. The summed E-state index contributed by atoms with van der Waals surface area (Å²) < 4.78 is 10.7. The molecule has 0 aliphatic heterocycles. The fourth-order valence-corrected chi connectivity index (χ4v) is 2.22. The van der Waals surface area contributed by atoms with Crippen LogP contribution in [0, 0.1) is 0 Å². The SMILES string of the molecule is CCOC(=O)CC(CCc1ccccc1)OC(C)CC(=O)O. The zero-order valence-corrected chi connectivity index (χ0v) is 13.2. The molecule has 2 unspecified atom stereocenters. The number of carbonyl (C=O) groups excluding carboxylic acids is 1. The minimum absolute atomic E-state index is 0.0787. The molecule has 1 N–H and O–H groups in total. The molecule has 0 fully saturated rings. The van der Waals surface area contributed by atoms with Crippen molar-refractivity contribution < 1.29 is 24.2 Å². The average molecular weight is 308 g/mol. The Morgan fingerprint density at radius 3 is 2.45 bits per heavy atom. The van der Waals surface area contributed by atoms with E-state index in [4.69, 9.17) is 14.6 Å². The van der Waals surface area contributed by atoms with E-state index in [0.717, 1.165) is 12.0 Å². The van der Waals surface area contributed by atoms with Gasteiger partial charge in [-0.2, -0.15) is 0 Å². The normalized spacial score (nSPS) is 13.4. The van der Waals surface area contributed by atoms with Gasteiger partial charge in [0, 0.05) is 0 Å². The number of hydrogen-bond acceptors (Lipinski definition) is 4. The maximum absolute atomic E-state index is 11.6. The second-order valence-electron chi connectivity index (χ2n) is 5.20. The van der Waals surface area contributed by atoms with Crippen LogP contribution in [0.3, 0.4) is 0 Å². The minimum Gasteiger partial charge on any atom is -0.481 e. The quantitative estimate of drug-likeness (QED) is 0.673. The van der Waals surface area contributed by atoms with E-state index in [9.17, 15) is 9.59 Å². The van der Waals surface area contributed by atoms with Crippen LogP contribution >= 0.6 is 0 Å². The highest BCUT2D eigenvalue weighted by Crippen LogP contribution is 2.14. The van der Waals surface area contributed by atoms with E-state index >= 15 is 0 Å². The molecule has 0 saturated carbocycles. The summed E-state index contributed by atoms with van der Waals surface area (Å²) in [5, 5.41) is 8.80. The van der Waals surface area contributed by atoms with E-state index in [1.165, 1.54) is 0 Å². The number of benzene rings is 1. The number of rotatable bonds is 10. The zero-order valence-electron chi connectivity index (χ0n) is 13.2. The monoisotopic (exact) mass is 308 g/mol. The third-order valence-corrected chi connectivity index (χ3v) is 3.18. The number of esters is 1. The van der Waals surface area contributed by atoms with Gasteiger partial charge in [-0.15, -0.1) is 0 Å². The van der Waals surface area contributed by atoms with Crippen LogP contribution in [0.4, 0.5) is 0 Å². The van der Waals surface area contributed by atoms with Gasteiger partial charge in [0.1, 0.15) is 0 Å². The Morgan fingerprint density at radius 1 is 1.18 bits per heavy atom. The van der Waals surface area contributed by atoms with Crippen LogP contribution in [-0.2, 0) is 25.5 Å². The van der Waals surface area contributed by atoms with Crippen LogP contribution in [-0.4, -0.2) is 35.9 Å². The number of aliphatic carboxylic acids is 1. The summed E-state index contributed by atoms with van der Waals surface area (Å²) in [6, 6.07) is 9.91. The smallest absolute Gasteiger partial charge is 0.308 e. The second kappa shape index (κ2) is 9.95. The summed E-state index contributed by atoms with van der Waals surface area (Å²) in [4.78, 5) is 22.4. The Morgan fingerprint density at radius 2 is 1.86 bits per heavy atom. The van der Waals surface area contributed by atoms with Crippen molar-refractivity contribution in [2.75, 3.05) is 6.61 Å². The van der Waals surface area contributed by atoms with Crippen molar-refractivity contribution >= 4 is 11.9 Å². The molecule has 22 heavy (non-hydrogen) atoms. The van der Waals surface area contributed by atoms with Crippen LogP contribution in [0.5, 0.6) is 0 Å². The lowest BCUT2D eigenvalue weighted by atomic mass is 10.0. The van der Waals surface area contributed by atoms with E-state index in [1.54, 1.807) is 13.8 Å². The Hall–Kier alpha value is -1.88. The van der Waals surface area contributed by atoms with Crippen LogP contribution in [0.1, 0.15) is 38.7 Å². The molecule has 0 aliphatic rings. The van der Waals surface area contributed by atoms with Crippen molar-refractivity contribution in [1.29, 1.82) is 0 Å². The lowest BCUT2D eigenvalue weighted by Crippen LogP contribution is -2.26. The number of hydrogen-bond donors (Lipinski definition) is 1. The van der Waals surface area contributed by atoms with E-state index in [-0.39, 0.29) is 24.9 Å². The third kappa shape index (κ3) is 7.78. The van der Waals surface area contributed by atoms with E-state index in [0.29, 0.717) is 13.0 Å². The summed E-state index contributed by atoms with van der Waals surface area (Å²) in [6.07, 6.45) is 0.702. The summed E-state index contributed by atoms with van der Waals surface area (Å²) in [6.45, 7) is 3.79. The highest BCUT2D eigenvalue weighted by atomic mass is 16.5. The number of ether oxygens (including phenoxy) is 2. The maximum atomic E-state index is 11.6. The van der Waals surface area contributed by atoms with Crippen molar-refractivity contribution in [3.63, 3.8) is 0 Å². The van der Waals surface area contributed by atoms with Gasteiger partial charge in [0.25, 0.3) is 0 Å². The molecular weight excluding hydrogens is 284 g/mol. The molecule has 0 amide bonds. The Balaban J connectivity index is 2.56. The number of carbonyl (C=O) groups is 2. The van der Waals surface area contributed by atoms with Crippen molar-refractivity contribution in [1.82, 2.24) is 0 Å². The summed E-state index contributed by atoms with van der Waals surface area (Å²) >= 11 is 0. The molecule has 0 bridgehead atoms. The summed E-state index contributed by atoms with van der Waals surface area (Å²) in [7, 11) is 0. The molecule has 0 spiro atoms. The molecule has 0 aromatic heterocycles. The van der Waals surface area contributed by atoms with Gasteiger partial charge < -0.3 is 14.6 Å².